The number of hydrogen-bond acceptors (Lipinski definition) is 4. The summed E-state index contributed by atoms with van der Waals surface area (Å²) in [7, 11) is 0. The van der Waals surface area contributed by atoms with Gasteiger partial charge in [0.1, 0.15) is 18.7 Å². The van der Waals surface area contributed by atoms with Crippen molar-refractivity contribution in [3.8, 4) is 5.75 Å². The van der Waals surface area contributed by atoms with Gasteiger partial charge in [0, 0.05) is 5.56 Å². The molecule has 0 N–H and O–H groups in total. The SMILES string of the molecule is C1=C2C(=NCN3OC23)c2ccccc2O1. The van der Waals surface area contributed by atoms with E-state index >= 15 is 0 Å². The molecule has 0 spiro atoms. The van der Waals surface area contributed by atoms with Gasteiger partial charge in [-0.15, -0.1) is 5.06 Å². The van der Waals surface area contributed by atoms with Gasteiger partial charge in [-0.1, -0.05) is 12.1 Å². The molecule has 15 heavy (non-hydrogen) atoms. The molecule has 0 aliphatic carbocycles. The normalized spacial score (nSPS) is 30.1. The van der Waals surface area contributed by atoms with Gasteiger partial charge in [-0.25, -0.2) is 0 Å². The Kier molecular flexibility index (Phi) is 1.26. The van der Waals surface area contributed by atoms with Crippen LogP contribution in [0.15, 0.2) is 41.1 Å². The lowest BCUT2D eigenvalue weighted by Crippen LogP contribution is -2.24. The third-order valence-electron chi connectivity index (χ3n) is 2.81. The largest absolute Gasteiger partial charge is 0.464 e. The van der Waals surface area contributed by atoms with Crippen LogP contribution >= 0.6 is 0 Å². The highest BCUT2D eigenvalue weighted by Crippen LogP contribution is 2.38. The fourth-order valence-corrected chi connectivity index (χ4v) is 2.02. The van der Waals surface area contributed by atoms with Crippen LogP contribution in [0.5, 0.6) is 5.75 Å². The molecule has 1 aromatic carbocycles. The first-order chi connectivity index (χ1) is 7.43. The number of para-hydroxylation sites is 1. The number of aliphatic imine (C=N–C) groups is 1. The van der Waals surface area contributed by atoms with E-state index in [1.807, 2.05) is 29.3 Å². The van der Waals surface area contributed by atoms with E-state index in [9.17, 15) is 0 Å². The Balaban J connectivity index is 1.91. The Labute approximate surface area is 86.4 Å². The summed E-state index contributed by atoms with van der Waals surface area (Å²) in [6.07, 6.45) is 1.80. The third kappa shape index (κ3) is 0.948. The van der Waals surface area contributed by atoms with Crippen molar-refractivity contribution < 1.29 is 9.57 Å². The summed E-state index contributed by atoms with van der Waals surface area (Å²) in [6, 6.07) is 7.93. The smallest absolute Gasteiger partial charge is 0.187 e. The average molecular weight is 200 g/mol. The minimum absolute atomic E-state index is 0.0610. The molecule has 0 saturated carbocycles. The molecule has 0 aromatic heterocycles. The molecular formula is C11H8N2O2. The molecule has 0 amide bonds. The van der Waals surface area contributed by atoms with Crippen molar-refractivity contribution in [2.75, 3.05) is 6.67 Å². The molecule has 4 heteroatoms. The van der Waals surface area contributed by atoms with E-state index in [0.29, 0.717) is 6.67 Å². The Hall–Kier alpha value is -1.65. The predicted octanol–water partition coefficient (Wildman–Crippen LogP) is 1.30. The molecule has 3 heterocycles. The van der Waals surface area contributed by atoms with Crippen LogP contribution in [-0.2, 0) is 4.84 Å². The van der Waals surface area contributed by atoms with Crippen molar-refractivity contribution in [3.05, 3.63) is 41.7 Å². The first kappa shape index (κ1) is 7.62. The molecule has 4 rings (SSSR count). The predicted molar refractivity (Wildman–Crippen MR) is 53.3 cm³/mol. The topological polar surface area (TPSA) is 37.1 Å². The second-order valence-corrected chi connectivity index (χ2v) is 3.71. The fraction of sp³-hybridized carbons (Fsp3) is 0.182. The Morgan fingerprint density at radius 1 is 1.33 bits per heavy atom. The molecule has 0 bridgehead atoms. The molecule has 3 aliphatic rings. The number of hydrogen-bond donors (Lipinski definition) is 0. The minimum Gasteiger partial charge on any atom is -0.464 e. The quantitative estimate of drug-likeness (QED) is 0.592. The van der Waals surface area contributed by atoms with Gasteiger partial charge in [0.05, 0.1) is 11.3 Å². The summed E-state index contributed by atoms with van der Waals surface area (Å²) >= 11 is 0. The lowest BCUT2D eigenvalue weighted by Gasteiger charge is -2.20. The van der Waals surface area contributed by atoms with E-state index in [0.717, 1.165) is 22.6 Å². The lowest BCUT2D eigenvalue weighted by atomic mass is 9.99. The van der Waals surface area contributed by atoms with E-state index in [1.54, 1.807) is 6.26 Å². The molecule has 4 nitrogen and oxygen atoms in total. The highest BCUT2D eigenvalue weighted by molar-refractivity contribution is 6.16. The van der Waals surface area contributed by atoms with Crippen LogP contribution in [0.2, 0.25) is 0 Å². The summed E-state index contributed by atoms with van der Waals surface area (Å²) in [5.74, 6) is 0.870. The van der Waals surface area contributed by atoms with Gasteiger partial charge >= 0.3 is 0 Å². The van der Waals surface area contributed by atoms with Gasteiger partial charge in [0.2, 0.25) is 0 Å². The average Bonchev–Trinajstić information content (AvgIpc) is 3.07. The van der Waals surface area contributed by atoms with Gasteiger partial charge in [-0.05, 0) is 12.1 Å². The molecule has 2 atom stereocenters. The van der Waals surface area contributed by atoms with Gasteiger partial charge in [-0.3, -0.25) is 9.83 Å². The van der Waals surface area contributed by atoms with Crippen LogP contribution in [-0.4, -0.2) is 23.7 Å². The molecular weight excluding hydrogens is 192 g/mol. The van der Waals surface area contributed by atoms with Gasteiger partial charge in [0.25, 0.3) is 0 Å². The third-order valence-corrected chi connectivity index (χ3v) is 2.81. The van der Waals surface area contributed by atoms with Crippen molar-refractivity contribution in [3.63, 3.8) is 0 Å². The maximum atomic E-state index is 5.54. The Morgan fingerprint density at radius 3 is 3.27 bits per heavy atom. The Morgan fingerprint density at radius 2 is 2.27 bits per heavy atom. The zero-order valence-electron chi connectivity index (χ0n) is 7.88. The van der Waals surface area contributed by atoms with Gasteiger partial charge < -0.3 is 4.74 Å². The number of fused-ring (bicyclic) bond motifs is 5. The van der Waals surface area contributed by atoms with Crippen molar-refractivity contribution in [1.29, 1.82) is 0 Å². The van der Waals surface area contributed by atoms with E-state index in [1.165, 1.54) is 0 Å². The van der Waals surface area contributed by atoms with Crippen molar-refractivity contribution in [1.82, 2.24) is 5.06 Å². The first-order valence-corrected chi connectivity index (χ1v) is 4.88. The van der Waals surface area contributed by atoms with Crippen LogP contribution in [0.3, 0.4) is 0 Å². The second kappa shape index (κ2) is 2.48. The second-order valence-electron chi connectivity index (χ2n) is 3.71. The minimum atomic E-state index is 0.0610. The van der Waals surface area contributed by atoms with Crippen molar-refractivity contribution in [2.45, 2.75) is 6.23 Å². The van der Waals surface area contributed by atoms with Crippen molar-refractivity contribution >= 4 is 5.71 Å². The summed E-state index contributed by atoms with van der Waals surface area (Å²) in [6.45, 7) is 0.617. The molecule has 1 fully saturated rings. The highest BCUT2D eigenvalue weighted by Gasteiger charge is 2.46. The number of hydroxylamine groups is 2. The van der Waals surface area contributed by atoms with E-state index in [4.69, 9.17) is 9.57 Å². The summed E-state index contributed by atoms with van der Waals surface area (Å²) in [4.78, 5) is 9.82. The van der Waals surface area contributed by atoms with Crippen LogP contribution in [0.25, 0.3) is 0 Å². The fourth-order valence-electron chi connectivity index (χ4n) is 2.02. The van der Waals surface area contributed by atoms with Gasteiger partial charge in [-0.2, -0.15) is 0 Å². The first-order valence-electron chi connectivity index (χ1n) is 4.88. The summed E-state index contributed by atoms with van der Waals surface area (Å²) in [5.41, 5.74) is 3.10. The van der Waals surface area contributed by atoms with Crippen LogP contribution < -0.4 is 4.74 Å². The zero-order chi connectivity index (χ0) is 9.83. The lowest BCUT2D eigenvalue weighted by molar-refractivity contribution is 0.206. The number of rotatable bonds is 0. The van der Waals surface area contributed by atoms with E-state index in [-0.39, 0.29) is 6.23 Å². The zero-order valence-corrected chi connectivity index (χ0v) is 7.88. The van der Waals surface area contributed by atoms with Crippen LogP contribution in [0.1, 0.15) is 5.56 Å². The summed E-state index contributed by atoms with van der Waals surface area (Å²) in [5, 5.41) is 1.83. The van der Waals surface area contributed by atoms with Crippen LogP contribution in [0, 0.1) is 0 Å². The maximum Gasteiger partial charge on any atom is 0.187 e. The van der Waals surface area contributed by atoms with Crippen molar-refractivity contribution in [2.24, 2.45) is 4.99 Å². The molecule has 3 aliphatic heterocycles. The summed E-state index contributed by atoms with van der Waals surface area (Å²) < 4.78 is 5.54. The number of ether oxygens (including phenoxy) is 1. The Bertz CT molecular complexity index is 507. The van der Waals surface area contributed by atoms with Gasteiger partial charge in [0.15, 0.2) is 6.23 Å². The molecule has 74 valence electrons. The molecule has 1 aromatic rings. The monoisotopic (exact) mass is 200 g/mol. The maximum absolute atomic E-state index is 5.54. The highest BCUT2D eigenvalue weighted by atomic mass is 16.8. The molecule has 0 radical (unpaired) electrons. The number of nitrogens with zero attached hydrogens (tertiary/aromatic N) is 2. The van der Waals surface area contributed by atoms with Crippen LogP contribution in [0.4, 0.5) is 0 Å². The van der Waals surface area contributed by atoms with E-state index in [2.05, 4.69) is 4.99 Å². The standard InChI is InChI=1S/C11H8N2O2/c1-2-4-9-7(3-1)10-8(5-14-9)11-13(15-11)6-12-10/h1-5,11H,6H2. The molecule has 1 saturated heterocycles. The van der Waals surface area contributed by atoms with E-state index < -0.39 is 0 Å². The number of benzene rings is 1. The molecule has 2 unspecified atom stereocenters.